The Morgan fingerprint density at radius 3 is 2.39 bits per heavy atom. The number of benzene rings is 1. The van der Waals surface area contributed by atoms with Gasteiger partial charge in [0.15, 0.2) is 0 Å². The van der Waals surface area contributed by atoms with Crippen LogP contribution in [0.4, 0.5) is 5.69 Å². The highest BCUT2D eigenvalue weighted by Gasteiger charge is 2.44. The molecule has 2 aliphatic rings. The minimum absolute atomic E-state index is 0. The van der Waals surface area contributed by atoms with Gasteiger partial charge in [-0.1, -0.05) is 18.2 Å². The van der Waals surface area contributed by atoms with Crippen molar-refractivity contribution in [1.82, 2.24) is 20.0 Å². The lowest BCUT2D eigenvalue weighted by atomic mass is 9.86. The van der Waals surface area contributed by atoms with E-state index in [9.17, 15) is 4.79 Å². The van der Waals surface area contributed by atoms with Gasteiger partial charge in [-0.15, -0.1) is 24.8 Å². The average molecular weight is 426 g/mol. The van der Waals surface area contributed by atoms with Crippen molar-refractivity contribution in [1.29, 1.82) is 0 Å². The van der Waals surface area contributed by atoms with Crippen LogP contribution in [-0.2, 0) is 10.3 Å². The van der Waals surface area contributed by atoms with Crippen LogP contribution >= 0.6 is 24.8 Å². The summed E-state index contributed by atoms with van der Waals surface area (Å²) in [5, 5.41) is 7.83. The summed E-state index contributed by atoms with van der Waals surface area (Å²) in [7, 11) is 0. The van der Waals surface area contributed by atoms with Crippen molar-refractivity contribution in [3.05, 3.63) is 48.8 Å². The fourth-order valence-corrected chi connectivity index (χ4v) is 4.22. The molecule has 1 aromatic heterocycles. The van der Waals surface area contributed by atoms with Gasteiger partial charge in [-0.2, -0.15) is 5.10 Å². The number of piperidine rings is 1. The number of hydrogen-bond acceptors (Lipinski definition) is 4. The maximum Gasteiger partial charge on any atom is 0.250 e. The lowest BCUT2D eigenvalue weighted by molar-refractivity contribution is -0.143. The van der Waals surface area contributed by atoms with Crippen LogP contribution in [0.2, 0.25) is 0 Å². The highest BCUT2D eigenvalue weighted by atomic mass is 35.5. The first-order valence-corrected chi connectivity index (χ1v) is 9.60. The van der Waals surface area contributed by atoms with Crippen molar-refractivity contribution in [3.63, 3.8) is 0 Å². The van der Waals surface area contributed by atoms with Gasteiger partial charge in [0.05, 0.1) is 0 Å². The Balaban J connectivity index is 0.00000140. The van der Waals surface area contributed by atoms with E-state index in [1.165, 1.54) is 5.69 Å². The van der Waals surface area contributed by atoms with Crippen LogP contribution in [0.5, 0.6) is 0 Å². The van der Waals surface area contributed by atoms with Gasteiger partial charge in [0, 0.05) is 44.3 Å². The molecule has 2 aromatic rings. The zero-order valence-corrected chi connectivity index (χ0v) is 17.6. The highest BCUT2D eigenvalue weighted by Crippen LogP contribution is 2.30. The minimum atomic E-state index is -0.531. The van der Waals surface area contributed by atoms with E-state index in [0.717, 1.165) is 58.5 Å². The van der Waals surface area contributed by atoms with Gasteiger partial charge in [0.1, 0.15) is 5.54 Å². The molecule has 1 aromatic carbocycles. The number of amides is 1. The van der Waals surface area contributed by atoms with Crippen molar-refractivity contribution < 1.29 is 4.79 Å². The van der Waals surface area contributed by atoms with Gasteiger partial charge < -0.3 is 15.1 Å². The Morgan fingerprint density at radius 2 is 1.71 bits per heavy atom. The van der Waals surface area contributed by atoms with Crippen LogP contribution in [0.15, 0.2) is 48.8 Å². The molecule has 154 valence electrons. The minimum Gasteiger partial charge on any atom is -0.370 e. The fourth-order valence-electron chi connectivity index (χ4n) is 4.22. The maximum atomic E-state index is 13.6. The second-order valence-electron chi connectivity index (χ2n) is 7.20. The molecule has 0 spiro atoms. The number of para-hydroxylation sites is 1. The number of carbonyl (C=O) groups excluding carboxylic acids is 1. The van der Waals surface area contributed by atoms with Gasteiger partial charge in [-0.3, -0.25) is 9.48 Å². The molecule has 0 bridgehead atoms. The molecule has 2 saturated heterocycles. The smallest absolute Gasteiger partial charge is 0.250 e. The molecule has 6 nitrogen and oxygen atoms in total. The molecule has 0 radical (unpaired) electrons. The summed E-state index contributed by atoms with van der Waals surface area (Å²) in [6.45, 7) is 5.17. The number of anilines is 1. The van der Waals surface area contributed by atoms with E-state index in [1.54, 1.807) is 6.20 Å². The van der Waals surface area contributed by atoms with E-state index in [2.05, 4.69) is 44.5 Å². The van der Waals surface area contributed by atoms with Crippen LogP contribution in [0.3, 0.4) is 0 Å². The summed E-state index contributed by atoms with van der Waals surface area (Å²) < 4.78 is 1.90. The summed E-state index contributed by atoms with van der Waals surface area (Å²) in [5.74, 6) is 0.234. The SMILES string of the molecule is Cl.Cl.O=C(N1CCCN(c2ccccc2)CC1)C1(n2cccn2)CCNCC1. The quantitative estimate of drug-likeness (QED) is 0.820. The summed E-state index contributed by atoms with van der Waals surface area (Å²) >= 11 is 0. The first-order valence-electron chi connectivity index (χ1n) is 9.60. The molecule has 0 aliphatic carbocycles. The lowest BCUT2D eigenvalue weighted by Gasteiger charge is -2.40. The summed E-state index contributed by atoms with van der Waals surface area (Å²) in [6.07, 6.45) is 6.31. The Bertz CT molecular complexity index is 719. The van der Waals surface area contributed by atoms with Gasteiger partial charge in [-0.05, 0) is 50.6 Å². The molecule has 2 aliphatic heterocycles. The highest BCUT2D eigenvalue weighted by molar-refractivity contribution is 5.86. The van der Waals surface area contributed by atoms with E-state index in [0.29, 0.717) is 0 Å². The lowest BCUT2D eigenvalue weighted by Crippen LogP contribution is -2.56. The van der Waals surface area contributed by atoms with Crippen molar-refractivity contribution >= 4 is 36.4 Å². The molecule has 4 rings (SSSR count). The molecule has 0 saturated carbocycles. The number of halogens is 2. The van der Waals surface area contributed by atoms with Crippen LogP contribution in [0.1, 0.15) is 19.3 Å². The fraction of sp³-hybridized carbons (Fsp3) is 0.500. The number of carbonyl (C=O) groups is 1. The first kappa shape index (κ1) is 22.5. The third-order valence-electron chi connectivity index (χ3n) is 5.68. The molecule has 1 N–H and O–H groups in total. The van der Waals surface area contributed by atoms with Crippen molar-refractivity contribution in [2.24, 2.45) is 0 Å². The third kappa shape index (κ3) is 4.45. The number of nitrogens with one attached hydrogen (secondary N) is 1. The molecule has 0 unspecified atom stereocenters. The van der Waals surface area contributed by atoms with E-state index in [-0.39, 0.29) is 30.7 Å². The number of hydrogen-bond donors (Lipinski definition) is 1. The van der Waals surface area contributed by atoms with Gasteiger partial charge in [0.25, 0.3) is 5.91 Å². The standard InChI is InChI=1S/C20H27N5O.2ClH/c26-19(20(8-11-21-12-9-20)25-15-4-10-22-25)24-14-5-13-23(16-17-24)18-6-2-1-3-7-18;;/h1-4,6-7,10,15,21H,5,8-9,11-14,16-17H2;2*1H. The van der Waals surface area contributed by atoms with Crippen LogP contribution in [-0.4, -0.2) is 59.9 Å². The van der Waals surface area contributed by atoms with Gasteiger partial charge >= 0.3 is 0 Å². The monoisotopic (exact) mass is 425 g/mol. The van der Waals surface area contributed by atoms with E-state index in [1.807, 2.05) is 23.0 Å². The predicted molar refractivity (Wildman–Crippen MR) is 117 cm³/mol. The largest absolute Gasteiger partial charge is 0.370 e. The Labute approximate surface area is 179 Å². The van der Waals surface area contributed by atoms with Crippen LogP contribution < -0.4 is 10.2 Å². The Kier molecular flexibility index (Phi) is 8.16. The molecule has 0 atom stereocenters. The summed E-state index contributed by atoms with van der Waals surface area (Å²) in [4.78, 5) is 18.0. The Hall–Kier alpha value is -1.76. The molecular formula is C20H29Cl2N5O. The van der Waals surface area contributed by atoms with E-state index >= 15 is 0 Å². The molecule has 1 amide bonds. The van der Waals surface area contributed by atoms with Crippen molar-refractivity contribution in [2.45, 2.75) is 24.8 Å². The van der Waals surface area contributed by atoms with Gasteiger partial charge in [0.2, 0.25) is 0 Å². The third-order valence-corrected chi connectivity index (χ3v) is 5.68. The average Bonchev–Trinajstić information content (AvgIpc) is 3.14. The van der Waals surface area contributed by atoms with E-state index < -0.39 is 5.54 Å². The van der Waals surface area contributed by atoms with Crippen LogP contribution in [0, 0.1) is 0 Å². The molecule has 8 heteroatoms. The second kappa shape index (κ2) is 10.1. The molecular weight excluding hydrogens is 397 g/mol. The van der Waals surface area contributed by atoms with Crippen molar-refractivity contribution in [3.8, 4) is 0 Å². The first-order chi connectivity index (χ1) is 12.8. The maximum absolute atomic E-state index is 13.6. The number of nitrogens with zero attached hydrogens (tertiary/aromatic N) is 4. The molecule has 28 heavy (non-hydrogen) atoms. The molecule has 2 fully saturated rings. The number of rotatable bonds is 3. The predicted octanol–water partition coefficient (Wildman–Crippen LogP) is 2.54. The normalized spacial score (nSPS) is 19.1. The number of aromatic nitrogens is 2. The zero-order chi connectivity index (χ0) is 17.8. The topological polar surface area (TPSA) is 53.4 Å². The van der Waals surface area contributed by atoms with Crippen molar-refractivity contribution in [2.75, 3.05) is 44.2 Å². The summed E-state index contributed by atoms with van der Waals surface area (Å²) in [6, 6.07) is 12.4. The summed E-state index contributed by atoms with van der Waals surface area (Å²) in [5.41, 5.74) is 0.710. The van der Waals surface area contributed by atoms with Crippen LogP contribution in [0.25, 0.3) is 0 Å². The zero-order valence-electron chi connectivity index (χ0n) is 16.0. The second-order valence-corrected chi connectivity index (χ2v) is 7.20. The van der Waals surface area contributed by atoms with E-state index in [4.69, 9.17) is 0 Å². The van der Waals surface area contributed by atoms with Gasteiger partial charge in [-0.25, -0.2) is 0 Å². The Morgan fingerprint density at radius 1 is 0.964 bits per heavy atom. The molecule has 3 heterocycles.